The molecule has 136 valence electrons. The number of nitrogens with one attached hydrogen (secondary N) is 1. The minimum absolute atomic E-state index is 0.00636. The molecule has 1 atom stereocenters. The number of ether oxygens (including phenoxy) is 1. The van der Waals surface area contributed by atoms with Gasteiger partial charge in [-0.05, 0) is 30.5 Å². The molecule has 3 rings (SSSR count). The molecular formula is C18H24ClN3O3. The number of rotatable bonds is 5. The number of carbonyl (C=O) groups is 2. The fraction of sp³-hybridized carbons (Fsp3) is 0.556. The predicted octanol–water partition coefficient (Wildman–Crippen LogP) is 1.45. The van der Waals surface area contributed by atoms with Gasteiger partial charge in [0.05, 0.1) is 25.8 Å². The third-order valence-corrected chi connectivity index (χ3v) is 4.91. The summed E-state index contributed by atoms with van der Waals surface area (Å²) in [5.41, 5.74) is 1.05. The summed E-state index contributed by atoms with van der Waals surface area (Å²) in [7, 11) is 0. The highest BCUT2D eigenvalue weighted by molar-refractivity contribution is 6.30. The van der Waals surface area contributed by atoms with Gasteiger partial charge in [0.1, 0.15) is 0 Å². The highest BCUT2D eigenvalue weighted by Crippen LogP contribution is 2.23. The Morgan fingerprint density at radius 2 is 1.88 bits per heavy atom. The van der Waals surface area contributed by atoms with Crippen molar-refractivity contribution in [3.05, 3.63) is 34.9 Å². The summed E-state index contributed by atoms with van der Waals surface area (Å²) in [4.78, 5) is 28.0. The minimum Gasteiger partial charge on any atom is -0.371 e. The van der Waals surface area contributed by atoms with Gasteiger partial charge in [-0.2, -0.15) is 0 Å². The molecule has 0 bridgehead atoms. The van der Waals surface area contributed by atoms with Gasteiger partial charge in [-0.25, -0.2) is 0 Å². The standard InChI is InChI=1S/C18H24ClN3O3/c19-15-5-3-14(4-6-15)16-12-21(9-10-25-16)13-17(23)20-11-18(24)22-7-1-2-8-22/h3-6,16H,1-2,7-13H2,(H,20,23). The van der Waals surface area contributed by atoms with Crippen molar-refractivity contribution in [2.45, 2.75) is 18.9 Å². The smallest absolute Gasteiger partial charge is 0.241 e. The molecule has 25 heavy (non-hydrogen) atoms. The van der Waals surface area contributed by atoms with Gasteiger partial charge >= 0.3 is 0 Å². The molecule has 2 saturated heterocycles. The van der Waals surface area contributed by atoms with E-state index in [1.807, 2.05) is 29.2 Å². The Bertz CT molecular complexity index is 602. The number of amides is 2. The van der Waals surface area contributed by atoms with Crippen LogP contribution in [0.15, 0.2) is 24.3 Å². The van der Waals surface area contributed by atoms with Gasteiger partial charge in [0, 0.05) is 31.2 Å². The maximum absolute atomic E-state index is 12.1. The van der Waals surface area contributed by atoms with Gasteiger partial charge in [0.2, 0.25) is 11.8 Å². The first-order chi connectivity index (χ1) is 12.1. The second-order valence-electron chi connectivity index (χ2n) is 6.51. The molecule has 0 saturated carbocycles. The van der Waals surface area contributed by atoms with Crippen molar-refractivity contribution in [3.63, 3.8) is 0 Å². The molecule has 0 aromatic heterocycles. The van der Waals surface area contributed by atoms with E-state index in [9.17, 15) is 9.59 Å². The van der Waals surface area contributed by atoms with Crippen LogP contribution in [-0.4, -0.2) is 67.5 Å². The maximum atomic E-state index is 12.1. The van der Waals surface area contributed by atoms with Crippen LogP contribution in [0.4, 0.5) is 0 Å². The van der Waals surface area contributed by atoms with E-state index in [0.29, 0.717) is 24.7 Å². The average Bonchev–Trinajstić information content (AvgIpc) is 3.15. The Balaban J connectivity index is 1.44. The van der Waals surface area contributed by atoms with Crippen molar-refractivity contribution in [2.24, 2.45) is 0 Å². The molecule has 2 aliphatic heterocycles. The van der Waals surface area contributed by atoms with E-state index in [1.165, 1.54) is 0 Å². The van der Waals surface area contributed by atoms with Gasteiger partial charge in [0.15, 0.2) is 0 Å². The molecule has 2 fully saturated rings. The summed E-state index contributed by atoms with van der Waals surface area (Å²) in [6, 6.07) is 7.59. The summed E-state index contributed by atoms with van der Waals surface area (Å²) < 4.78 is 5.80. The highest BCUT2D eigenvalue weighted by atomic mass is 35.5. The first kappa shape index (κ1) is 18.2. The van der Waals surface area contributed by atoms with Crippen molar-refractivity contribution in [3.8, 4) is 0 Å². The molecule has 1 aromatic rings. The number of benzene rings is 1. The molecule has 7 heteroatoms. The van der Waals surface area contributed by atoms with Crippen LogP contribution in [0.25, 0.3) is 0 Å². The Hall–Kier alpha value is -1.63. The number of hydrogen-bond donors (Lipinski definition) is 1. The number of carbonyl (C=O) groups excluding carboxylic acids is 2. The third kappa shape index (κ3) is 5.17. The lowest BCUT2D eigenvalue weighted by Crippen LogP contribution is -2.46. The van der Waals surface area contributed by atoms with Crippen LogP contribution in [0.1, 0.15) is 24.5 Å². The maximum Gasteiger partial charge on any atom is 0.241 e. The van der Waals surface area contributed by atoms with E-state index in [0.717, 1.165) is 31.5 Å². The van der Waals surface area contributed by atoms with Crippen LogP contribution < -0.4 is 5.32 Å². The van der Waals surface area contributed by atoms with Crippen LogP contribution >= 0.6 is 11.6 Å². The van der Waals surface area contributed by atoms with E-state index in [4.69, 9.17) is 16.3 Å². The SMILES string of the molecule is O=C(CN1CCOC(c2ccc(Cl)cc2)C1)NCC(=O)N1CCCC1. The lowest BCUT2D eigenvalue weighted by molar-refractivity contribution is -0.132. The molecule has 2 heterocycles. The second-order valence-corrected chi connectivity index (χ2v) is 6.95. The quantitative estimate of drug-likeness (QED) is 0.858. The largest absolute Gasteiger partial charge is 0.371 e. The summed E-state index contributed by atoms with van der Waals surface area (Å²) >= 11 is 5.92. The van der Waals surface area contributed by atoms with Crippen LogP contribution in [0.3, 0.4) is 0 Å². The van der Waals surface area contributed by atoms with E-state index < -0.39 is 0 Å². The molecule has 0 radical (unpaired) electrons. The fourth-order valence-corrected chi connectivity index (χ4v) is 3.36. The first-order valence-electron chi connectivity index (χ1n) is 8.76. The van der Waals surface area contributed by atoms with Gasteiger partial charge in [-0.3, -0.25) is 14.5 Å². The molecule has 1 aromatic carbocycles. The van der Waals surface area contributed by atoms with Crippen molar-refractivity contribution < 1.29 is 14.3 Å². The molecule has 0 aliphatic carbocycles. The number of morpholine rings is 1. The zero-order valence-electron chi connectivity index (χ0n) is 14.2. The number of likely N-dealkylation sites (tertiary alicyclic amines) is 1. The summed E-state index contributed by atoms with van der Waals surface area (Å²) in [5, 5.41) is 3.43. The first-order valence-corrected chi connectivity index (χ1v) is 9.13. The lowest BCUT2D eigenvalue weighted by Gasteiger charge is -2.32. The summed E-state index contributed by atoms with van der Waals surface area (Å²) in [6.45, 7) is 3.91. The molecule has 6 nitrogen and oxygen atoms in total. The van der Waals surface area contributed by atoms with Crippen molar-refractivity contribution >= 4 is 23.4 Å². The van der Waals surface area contributed by atoms with Crippen molar-refractivity contribution in [1.29, 1.82) is 0 Å². The van der Waals surface area contributed by atoms with Crippen molar-refractivity contribution in [1.82, 2.24) is 15.1 Å². The van der Waals surface area contributed by atoms with Crippen molar-refractivity contribution in [2.75, 3.05) is 45.9 Å². The van der Waals surface area contributed by atoms with E-state index >= 15 is 0 Å². The van der Waals surface area contributed by atoms with Crippen LogP contribution in [0.5, 0.6) is 0 Å². The zero-order valence-corrected chi connectivity index (χ0v) is 15.0. The topological polar surface area (TPSA) is 61.9 Å². The van der Waals surface area contributed by atoms with Gasteiger partial charge in [0.25, 0.3) is 0 Å². The zero-order chi connectivity index (χ0) is 17.6. The summed E-state index contributed by atoms with van der Waals surface area (Å²) in [6.07, 6.45) is 2.05. The molecule has 2 amide bonds. The van der Waals surface area contributed by atoms with Crippen LogP contribution in [0.2, 0.25) is 5.02 Å². The highest BCUT2D eigenvalue weighted by Gasteiger charge is 2.24. The molecular weight excluding hydrogens is 342 g/mol. The minimum atomic E-state index is -0.121. The van der Waals surface area contributed by atoms with Gasteiger partial charge in [-0.1, -0.05) is 23.7 Å². The summed E-state index contributed by atoms with van der Waals surface area (Å²) in [5.74, 6) is -0.115. The second kappa shape index (κ2) is 8.65. The average molecular weight is 366 g/mol. The number of halogens is 1. The van der Waals surface area contributed by atoms with Gasteiger partial charge in [-0.15, -0.1) is 0 Å². The van der Waals surface area contributed by atoms with E-state index in [1.54, 1.807) is 0 Å². The fourth-order valence-electron chi connectivity index (χ4n) is 3.24. The lowest BCUT2D eigenvalue weighted by atomic mass is 10.1. The molecule has 0 spiro atoms. The Morgan fingerprint density at radius 1 is 1.16 bits per heavy atom. The van der Waals surface area contributed by atoms with E-state index in [-0.39, 0.29) is 31.0 Å². The van der Waals surface area contributed by atoms with E-state index in [2.05, 4.69) is 10.2 Å². The van der Waals surface area contributed by atoms with Crippen LogP contribution in [-0.2, 0) is 14.3 Å². The number of nitrogens with zero attached hydrogens (tertiary/aromatic N) is 2. The molecule has 2 aliphatic rings. The van der Waals surface area contributed by atoms with Crippen LogP contribution in [0, 0.1) is 0 Å². The van der Waals surface area contributed by atoms with Gasteiger partial charge < -0.3 is 15.0 Å². The normalized spacial score (nSPS) is 21.3. The molecule has 1 unspecified atom stereocenters. The Kier molecular flexibility index (Phi) is 6.29. The molecule has 1 N–H and O–H groups in total. The Labute approximate surface area is 153 Å². The Morgan fingerprint density at radius 3 is 2.60 bits per heavy atom. The third-order valence-electron chi connectivity index (χ3n) is 4.66. The predicted molar refractivity (Wildman–Crippen MR) is 95.4 cm³/mol. The monoisotopic (exact) mass is 365 g/mol. The number of hydrogen-bond acceptors (Lipinski definition) is 4.